The first-order chi connectivity index (χ1) is 7.67. The highest BCUT2D eigenvalue weighted by Crippen LogP contribution is 2.18. The number of hydrogen-bond donors (Lipinski definition) is 2. The molecule has 0 spiro atoms. The molecule has 1 aromatic carbocycles. The molecule has 0 saturated carbocycles. The van der Waals surface area contributed by atoms with Gasteiger partial charge >= 0.3 is 0 Å². The van der Waals surface area contributed by atoms with Gasteiger partial charge in [-0.2, -0.15) is 0 Å². The zero-order valence-corrected chi connectivity index (χ0v) is 11.2. The molecular formula is C13H22N2S. The number of nitrogens with two attached hydrogens (primary N) is 1. The quantitative estimate of drug-likeness (QED) is 0.748. The zero-order chi connectivity index (χ0) is 12.0. The summed E-state index contributed by atoms with van der Waals surface area (Å²) in [5.41, 5.74) is 7.07. The van der Waals surface area contributed by atoms with Gasteiger partial charge in [-0.15, -0.1) is 11.8 Å². The summed E-state index contributed by atoms with van der Waals surface area (Å²) >= 11 is 1.76. The van der Waals surface area contributed by atoms with Gasteiger partial charge in [0.15, 0.2) is 0 Å². The molecule has 0 heterocycles. The third-order valence-electron chi connectivity index (χ3n) is 2.53. The molecule has 0 saturated heterocycles. The van der Waals surface area contributed by atoms with E-state index < -0.39 is 0 Å². The van der Waals surface area contributed by atoms with E-state index in [0.29, 0.717) is 12.5 Å². The Bertz CT molecular complexity index is 295. The van der Waals surface area contributed by atoms with Gasteiger partial charge < -0.3 is 11.1 Å². The molecule has 0 aliphatic carbocycles. The van der Waals surface area contributed by atoms with Gasteiger partial charge in [0.1, 0.15) is 0 Å². The Morgan fingerprint density at radius 1 is 1.25 bits per heavy atom. The van der Waals surface area contributed by atoms with E-state index in [1.165, 1.54) is 10.5 Å². The van der Waals surface area contributed by atoms with Crippen LogP contribution in [0.2, 0.25) is 0 Å². The Kier molecular flexibility index (Phi) is 5.88. The van der Waals surface area contributed by atoms with Gasteiger partial charge in [-0.05, 0) is 36.4 Å². The minimum Gasteiger partial charge on any atom is -0.329 e. The smallest absolute Gasteiger partial charge is 0.0444 e. The molecule has 0 radical (unpaired) electrons. The van der Waals surface area contributed by atoms with Crippen molar-refractivity contribution >= 4 is 11.8 Å². The Labute approximate surface area is 103 Å². The van der Waals surface area contributed by atoms with Crippen LogP contribution in [0.1, 0.15) is 25.5 Å². The molecule has 3 heteroatoms. The van der Waals surface area contributed by atoms with Crippen molar-refractivity contribution in [2.24, 2.45) is 11.7 Å². The highest BCUT2D eigenvalue weighted by Gasteiger charge is 2.09. The molecule has 0 fully saturated rings. The van der Waals surface area contributed by atoms with Crippen molar-refractivity contribution in [2.45, 2.75) is 24.8 Å². The summed E-state index contributed by atoms with van der Waals surface area (Å²) in [4.78, 5) is 1.29. The minimum atomic E-state index is 0.276. The van der Waals surface area contributed by atoms with Crippen molar-refractivity contribution in [1.82, 2.24) is 5.32 Å². The van der Waals surface area contributed by atoms with E-state index in [0.717, 1.165) is 6.54 Å². The molecule has 0 aromatic heterocycles. The SMILES string of the molecule is CSc1ccc(C(CN)NCC(C)C)cc1. The van der Waals surface area contributed by atoms with E-state index in [9.17, 15) is 0 Å². The third kappa shape index (κ3) is 4.16. The second kappa shape index (κ2) is 6.94. The van der Waals surface area contributed by atoms with E-state index in [2.05, 4.69) is 49.7 Å². The van der Waals surface area contributed by atoms with E-state index in [1.54, 1.807) is 11.8 Å². The number of rotatable bonds is 6. The number of nitrogens with one attached hydrogen (secondary N) is 1. The van der Waals surface area contributed by atoms with Crippen LogP contribution in [0.4, 0.5) is 0 Å². The summed E-state index contributed by atoms with van der Waals surface area (Å²) in [5.74, 6) is 0.652. The molecule has 1 atom stereocenters. The maximum absolute atomic E-state index is 5.79. The Morgan fingerprint density at radius 2 is 1.88 bits per heavy atom. The lowest BCUT2D eigenvalue weighted by molar-refractivity contribution is 0.479. The Hall–Kier alpha value is -0.510. The fraction of sp³-hybridized carbons (Fsp3) is 0.538. The van der Waals surface area contributed by atoms with Gasteiger partial charge in [0, 0.05) is 17.5 Å². The molecule has 16 heavy (non-hydrogen) atoms. The monoisotopic (exact) mass is 238 g/mol. The molecule has 90 valence electrons. The standard InChI is InChI=1S/C13H22N2S/c1-10(2)9-15-13(8-14)11-4-6-12(16-3)7-5-11/h4-7,10,13,15H,8-9,14H2,1-3H3. The van der Waals surface area contributed by atoms with Gasteiger partial charge in [-0.1, -0.05) is 26.0 Å². The summed E-state index contributed by atoms with van der Waals surface area (Å²) in [5, 5.41) is 3.49. The van der Waals surface area contributed by atoms with Crippen LogP contribution in [-0.4, -0.2) is 19.3 Å². The lowest BCUT2D eigenvalue weighted by Crippen LogP contribution is -2.30. The topological polar surface area (TPSA) is 38.0 Å². The maximum atomic E-state index is 5.79. The first-order valence-corrected chi connectivity index (χ1v) is 6.97. The van der Waals surface area contributed by atoms with Crippen LogP contribution in [0, 0.1) is 5.92 Å². The molecule has 2 nitrogen and oxygen atoms in total. The highest BCUT2D eigenvalue weighted by atomic mass is 32.2. The maximum Gasteiger partial charge on any atom is 0.0444 e. The van der Waals surface area contributed by atoms with Gasteiger partial charge in [-0.25, -0.2) is 0 Å². The van der Waals surface area contributed by atoms with Gasteiger partial charge in [0.25, 0.3) is 0 Å². The second-order valence-electron chi connectivity index (χ2n) is 4.36. The Morgan fingerprint density at radius 3 is 2.31 bits per heavy atom. The van der Waals surface area contributed by atoms with E-state index >= 15 is 0 Å². The summed E-state index contributed by atoms with van der Waals surface area (Å²) in [6.07, 6.45) is 2.09. The van der Waals surface area contributed by atoms with E-state index in [-0.39, 0.29) is 6.04 Å². The summed E-state index contributed by atoms with van der Waals surface area (Å²) in [6, 6.07) is 8.91. The van der Waals surface area contributed by atoms with Crippen molar-refractivity contribution in [3.05, 3.63) is 29.8 Å². The number of hydrogen-bond acceptors (Lipinski definition) is 3. The van der Waals surface area contributed by atoms with Crippen LogP contribution in [0.15, 0.2) is 29.2 Å². The molecular weight excluding hydrogens is 216 g/mol. The average Bonchev–Trinajstić information content (AvgIpc) is 2.30. The summed E-state index contributed by atoms with van der Waals surface area (Å²) in [6.45, 7) is 6.06. The molecule has 0 amide bonds. The molecule has 3 N–H and O–H groups in total. The lowest BCUT2D eigenvalue weighted by Gasteiger charge is -2.19. The predicted octanol–water partition coefficient (Wildman–Crippen LogP) is 2.65. The summed E-state index contributed by atoms with van der Waals surface area (Å²) < 4.78 is 0. The zero-order valence-electron chi connectivity index (χ0n) is 10.4. The largest absolute Gasteiger partial charge is 0.329 e. The third-order valence-corrected chi connectivity index (χ3v) is 3.27. The minimum absolute atomic E-state index is 0.276. The summed E-state index contributed by atoms with van der Waals surface area (Å²) in [7, 11) is 0. The van der Waals surface area contributed by atoms with Gasteiger partial charge in [-0.3, -0.25) is 0 Å². The van der Waals surface area contributed by atoms with Crippen molar-refractivity contribution in [1.29, 1.82) is 0 Å². The predicted molar refractivity (Wildman–Crippen MR) is 72.9 cm³/mol. The molecule has 0 aliphatic rings. The van der Waals surface area contributed by atoms with Crippen molar-refractivity contribution in [3.8, 4) is 0 Å². The second-order valence-corrected chi connectivity index (χ2v) is 5.24. The van der Waals surface area contributed by atoms with Crippen LogP contribution in [0.3, 0.4) is 0 Å². The van der Waals surface area contributed by atoms with Crippen molar-refractivity contribution < 1.29 is 0 Å². The fourth-order valence-corrected chi connectivity index (χ4v) is 1.96. The molecule has 0 aliphatic heterocycles. The van der Waals surface area contributed by atoms with E-state index in [4.69, 9.17) is 5.73 Å². The highest BCUT2D eigenvalue weighted by molar-refractivity contribution is 7.98. The van der Waals surface area contributed by atoms with Crippen LogP contribution in [-0.2, 0) is 0 Å². The molecule has 0 bridgehead atoms. The van der Waals surface area contributed by atoms with Gasteiger partial charge in [0.05, 0.1) is 0 Å². The van der Waals surface area contributed by atoms with Crippen molar-refractivity contribution in [2.75, 3.05) is 19.3 Å². The fourth-order valence-electron chi connectivity index (χ4n) is 1.55. The van der Waals surface area contributed by atoms with Gasteiger partial charge in [0.2, 0.25) is 0 Å². The van der Waals surface area contributed by atoms with Crippen LogP contribution >= 0.6 is 11.8 Å². The number of benzene rings is 1. The first kappa shape index (κ1) is 13.6. The first-order valence-electron chi connectivity index (χ1n) is 5.74. The average molecular weight is 238 g/mol. The molecule has 1 unspecified atom stereocenters. The van der Waals surface area contributed by atoms with E-state index in [1.807, 2.05) is 0 Å². The van der Waals surface area contributed by atoms with Crippen LogP contribution in [0.5, 0.6) is 0 Å². The lowest BCUT2D eigenvalue weighted by atomic mass is 10.1. The van der Waals surface area contributed by atoms with Crippen LogP contribution < -0.4 is 11.1 Å². The molecule has 1 aromatic rings. The van der Waals surface area contributed by atoms with Crippen LogP contribution in [0.25, 0.3) is 0 Å². The normalized spacial score (nSPS) is 13.1. The number of thioether (sulfide) groups is 1. The molecule has 1 rings (SSSR count). The Balaban J connectivity index is 2.63. The van der Waals surface area contributed by atoms with Crippen molar-refractivity contribution in [3.63, 3.8) is 0 Å².